The van der Waals surface area contributed by atoms with Gasteiger partial charge in [0.05, 0.1) is 5.60 Å². The number of thiophene rings is 1. The highest BCUT2D eigenvalue weighted by molar-refractivity contribution is 7.07. The molecule has 4 nitrogen and oxygen atoms in total. The van der Waals surface area contributed by atoms with E-state index in [1.165, 1.54) is 5.56 Å². The maximum absolute atomic E-state index is 10.5. The van der Waals surface area contributed by atoms with E-state index in [9.17, 15) is 5.11 Å². The standard InChI is InChI=1S/C13H22N2O2S/c1-15(10-13(16)3-5-17-6-4-13)12(8-14)11-2-7-18-9-11/h2,7,9,12,16H,3-6,8,10,14H2,1H3. The molecule has 5 heteroatoms. The van der Waals surface area contributed by atoms with Crippen LogP contribution in [0.5, 0.6) is 0 Å². The maximum Gasteiger partial charge on any atom is 0.0818 e. The third kappa shape index (κ3) is 3.30. The Morgan fingerprint density at radius 2 is 2.28 bits per heavy atom. The summed E-state index contributed by atoms with van der Waals surface area (Å²) in [5, 5.41) is 14.7. The first kappa shape index (κ1) is 14.0. The molecule has 2 heterocycles. The van der Waals surface area contributed by atoms with Crippen LogP contribution >= 0.6 is 11.3 Å². The summed E-state index contributed by atoms with van der Waals surface area (Å²) < 4.78 is 5.30. The molecule has 1 aromatic heterocycles. The molecule has 2 rings (SSSR count). The summed E-state index contributed by atoms with van der Waals surface area (Å²) >= 11 is 1.68. The van der Waals surface area contributed by atoms with E-state index in [0.29, 0.717) is 39.1 Å². The van der Waals surface area contributed by atoms with Crippen molar-refractivity contribution in [3.63, 3.8) is 0 Å². The first-order chi connectivity index (χ1) is 8.64. The summed E-state index contributed by atoms with van der Waals surface area (Å²) in [6.45, 7) is 2.51. The zero-order valence-corrected chi connectivity index (χ0v) is 11.7. The van der Waals surface area contributed by atoms with Crippen LogP contribution in [-0.4, -0.2) is 49.0 Å². The van der Waals surface area contributed by atoms with Crippen LogP contribution in [0.15, 0.2) is 16.8 Å². The Bertz CT molecular complexity index is 350. The lowest BCUT2D eigenvalue weighted by Gasteiger charge is -2.38. The molecule has 1 aromatic rings. The molecule has 102 valence electrons. The monoisotopic (exact) mass is 270 g/mol. The van der Waals surface area contributed by atoms with Gasteiger partial charge in [-0.25, -0.2) is 0 Å². The van der Waals surface area contributed by atoms with Crippen LogP contribution in [0.25, 0.3) is 0 Å². The molecule has 1 unspecified atom stereocenters. The molecule has 0 aliphatic carbocycles. The van der Waals surface area contributed by atoms with Crippen LogP contribution < -0.4 is 5.73 Å². The third-order valence-corrected chi connectivity index (χ3v) is 4.35. The number of hydrogen-bond acceptors (Lipinski definition) is 5. The third-order valence-electron chi connectivity index (χ3n) is 3.65. The molecular formula is C13H22N2O2S. The minimum atomic E-state index is -0.629. The SMILES string of the molecule is CN(CC1(O)CCOCC1)C(CN)c1ccsc1. The number of ether oxygens (including phenoxy) is 1. The summed E-state index contributed by atoms with van der Waals surface area (Å²) in [5.41, 5.74) is 6.48. The van der Waals surface area contributed by atoms with Crippen molar-refractivity contribution in [2.75, 3.05) is 33.4 Å². The zero-order valence-electron chi connectivity index (χ0n) is 10.8. The Kier molecular flexibility index (Phi) is 4.75. The van der Waals surface area contributed by atoms with Crippen LogP contribution in [0.4, 0.5) is 0 Å². The Morgan fingerprint density at radius 1 is 1.56 bits per heavy atom. The maximum atomic E-state index is 10.5. The molecule has 1 atom stereocenters. The molecule has 1 aliphatic rings. The average Bonchev–Trinajstić information content (AvgIpc) is 2.84. The smallest absolute Gasteiger partial charge is 0.0818 e. The molecule has 1 saturated heterocycles. The van der Waals surface area contributed by atoms with Gasteiger partial charge in [0, 0.05) is 45.2 Å². The molecule has 1 aliphatic heterocycles. The van der Waals surface area contributed by atoms with Gasteiger partial charge in [0.25, 0.3) is 0 Å². The molecule has 0 radical (unpaired) electrons. The lowest BCUT2D eigenvalue weighted by molar-refractivity contribution is -0.0812. The largest absolute Gasteiger partial charge is 0.388 e. The fourth-order valence-corrected chi connectivity index (χ4v) is 3.23. The van der Waals surface area contributed by atoms with Crippen LogP contribution in [0, 0.1) is 0 Å². The van der Waals surface area contributed by atoms with Gasteiger partial charge in [-0.15, -0.1) is 0 Å². The van der Waals surface area contributed by atoms with Crippen molar-refractivity contribution in [2.45, 2.75) is 24.5 Å². The Labute approximate surface area is 112 Å². The number of nitrogens with two attached hydrogens (primary N) is 1. The van der Waals surface area contributed by atoms with Crippen LogP contribution in [0.1, 0.15) is 24.4 Å². The first-order valence-corrected chi connectivity index (χ1v) is 7.31. The van der Waals surface area contributed by atoms with Crippen LogP contribution in [0.2, 0.25) is 0 Å². The van der Waals surface area contributed by atoms with E-state index < -0.39 is 5.60 Å². The lowest BCUT2D eigenvalue weighted by Crippen LogP contribution is -2.47. The molecule has 0 aromatic carbocycles. The van der Waals surface area contributed by atoms with E-state index in [-0.39, 0.29) is 6.04 Å². The van der Waals surface area contributed by atoms with Gasteiger partial charge in [0.2, 0.25) is 0 Å². The summed E-state index contributed by atoms with van der Waals surface area (Å²) in [5.74, 6) is 0. The molecular weight excluding hydrogens is 248 g/mol. The fraction of sp³-hybridized carbons (Fsp3) is 0.692. The van der Waals surface area contributed by atoms with Gasteiger partial charge < -0.3 is 15.6 Å². The molecule has 0 spiro atoms. The minimum Gasteiger partial charge on any atom is -0.388 e. The van der Waals surface area contributed by atoms with E-state index in [0.717, 1.165) is 0 Å². The molecule has 0 amide bonds. The number of nitrogens with zero attached hydrogens (tertiary/aromatic N) is 1. The second-order valence-corrected chi connectivity index (χ2v) is 5.84. The molecule has 3 N–H and O–H groups in total. The van der Waals surface area contributed by atoms with Crippen molar-refractivity contribution in [3.05, 3.63) is 22.4 Å². The first-order valence-electron chi connectivity index (χ1n) is 6.37. The van der Waals surface area contributed by atoms with Gasteiger partial charge in [-0.3, -0.25) is 4.90 Å². The number of likely N-dealkylation sites (N-methyl/N-ethyl adjacent to an activating group) is 1. The normalized spacial score (nSPS) is 21.1. The average molecular weight is 270 g/mol. The second kappa shape index (κ2) is 6.12. The highest BCUT2D eigenvalue weighted by Crippen LogP contribution is 2.26. The quantitative estimate of drug-likeness (QED) is 0.844. The summed E-state index contributed by atoms with van der Waals surface area (Å²) in [4.78, 5) is 2.16. The summed E-state index contributed by atoms with van der Waals surface area (Å²) in [7, 11) is 2.03. The molecule has 1 fully saturated rings. The number of rotatable bonds is 5. The topological polar surface area (TPSA) is 58.7 Å². The van der Waals surface area contributed by atoms with E-state index >= 15 is 0 Å². The van der Waals surface area contributed by atoms with Crippen LogP contribution in [0.3, 0.4) is 0 Å². The Hall–Kier alpha value is -0.460. The lowest BCUT2D eigenvalue weighted by atomic mass is 9.93. The van der Waals surface area contributed by atoms with E-state index in [2.05, 4.69) is 21.7 Å². The molecule has 0 saturated carbocycles. The number of aliphatic hydroxyl groups is 1. The summed E-state index contributed by atoms with van der Waals surface area (Å²) in [6.07, 6.45) is 1.41. The van der Waals surface area contributed by atoms with Gasteiger partial charge in [-0.1, -0.05) is 0 Å². The summed E-state index contributed by atoms with van der Waals surface area (Å²) in [6, 6.07) is 2.29. The van der Waals surface area contributed by atoms with Crippen molar-refractivity contribution >= 4 is 11.3 Å². The Morgan fingerprint density at radius 3 is 2.83 bits per heavy atom. The van der Waals surface area contributed by atoms with Crippen molar-refractivity contribution in [2.24, 2.45) is 5.73 Å². The van der Waals surface area contributed by atoms with Gasteiger partial charge in [0.1, 0.15) is 0 Å². The van der Waals surface area contributed by atoms with Gasteiger partial charge in [-0.05, 0) is 29.4 Å². The van der Waals surface area contributed by atoms with Gasteiger partial charge in [-0.2, -0.15) is 11.3 Å². The fourth-order valence-electron chi connectivity index (χ4n) is 2.52. The van der Waals surface area contributed by atoms with Gasteiger partial charge >= 0.3 is 0 Å². The van der Waals surface area contributed by atoms with Gasteiger partial charge in [0.15, 0.2) is 0 Å². The number of hydrogen-bond donors (Lipinski definition) is 2. The minimum absolute atomic E-state index is 0.183. The van der Waals surface area contributed by atoms with Crippen LogP contribution in [-0.2, 0) is 4.74 Å². The van der Waals surface area contributed by atoms with E-state index in [4.69, 9.17) is 10.5 Å². The van der Waals surface area contributed by atoms with Crippen molar-refractivity contribution in [1.29, 1.82) is 0 Å². The molecule has 0 bridgehead atoms. The van der Waals surface area contributed by atoms with Crippen molar-refractivity contribution < 1.29 is 9.84 Å². The van der Waals surface area contributed by atoms with E-state index in [1.807, 2.05) is 7.05 Å². The van der Waals surface area contributed by atoms with E-state index in [1.54, 1.807) is 11.3 Å². The highest BCUT2D eigenvalue weighted by Gasteiger charge is 2.32. The van der Waals surface area contributed by atoms with Crippen molar-refractivity contribution in [3.8, 4) is 0 Å². The highest BCUT2D eigenvalue weighted by atomic mass is 32.1. The predicted molar refractivity (Wildman–Crippen MR) is 73.7 cm³/mol. The van der Waals surface area contributed by atoms with Crippen molar-refractivity contribution in [1.82, 2.24) is 4.90 Å². The molecule has 18 heavy (non-hydrogen) atoms. The zero-order chi connectivity index (χ0) is 13.0. The Balaban J connectivity index is 1.99. The predicted octanol–water partition coefficient (Wildman–Crippen LogP) is 1.22. The second-order valence-electron chi connectivity index (χ2n) is 5.06.